The minimum absolute atomic E-state index is 0.0619. The van der Waals surface area contributed by atoms with E-state index in [0.29, 0.717) is 18.0 Å². The van der Waals surface area contributed by atoms with Crippen LogP contribution in [0.4, 0.5) is 0 Å². The molecule has 0 heterocycles. The summed E-state index contributed by atoms with van der Waals surface area (Å²) in [4.78, 5) is 12.7. The van der Waals surface area contributed by atoms with Crippen molar-refractivity contribution in [3.63, 3.8) is 0 Å². The molecule has 1 aliphatic rings. The van der Waals surface area contributed by atoms with Gasteiger partial charge >= 0.3 is 0 Å². The molecule has 19 heavy (non-hydrogen) atoms. The van der Waals surface area contributed by atoms with Crippen molar-refractivity contribution in [2.24, 2.45) is 5.92 Å². The standard InChI is InChI=1S/C16H22O2S/c1-19(18)12-11-15(13-7-3-2-4-8-13)16(17)14-9-5-6-10-14/h2-4,7-8,14-15H,5-6,9-12H2,1H3. The topological polar surface area (TPSA) is 34.1 Å². The number of benzene rings is 1. The normalized spacial score (nSPS) is 19.2. The lowest BCUT2D eigenvalue weighted by Gasteiger charge is -2.19. The van der Waals surface area contributed by atoms with Gasteiger partial charge in [0.05, 0.1) is 0 Å². The van der Waals surface area contributed by atoms with Gasteiger partial charge in [0, 0.05) is 34.6 Å². The molecule has 2 unspecified atom stereocenters. The highest BCUT2D eigenvalue weighted by molar-refractivity contribution is 7.84. The molecule has 1 aromatic rings. The highest BCUT2D eigenvalue weighted by Crippen LogP contribution is 2.33. The predicted molar refractivity (Wildman–Crippen MR) is 79.7 cm³/mol. The molecule has 1 saturated carbocycles. The number of carbonyl (C=O) groups is 1. The van der Waals surface area contributed by atoms with Crippen molar-refractivity contribution in [1.82, 2.24) is 0 Å². The summed E-state index contributed by atoms with van der Waals surface area (Å²) in [6.45, 7) is 0. The number of hydrogen-bond acceptors (Lipinski definition) is 2. The quantitative estimate of drug-likeness (QED) is 0.800. The third-order valence-electron chi connectivity index (χ3n) is 4.00. The Morgan fingerprint density at radius 3 is 2.47 bits per heavy atom. The second-order valence-electron chi connectivity index (χ2n) is 5.41. The van der Waals surface area contributed by atoms with Gasteiger partial charge in [0.25, 0.3) is 0 Å². The minimum Gasteiger partial charge on any atom is -0.299 e. The number of Topliss-reactive ketones (excluding diaryl/α,β-unsaturated/α-hetero) is 1. The van der Waals surface area contributed by atoms with Crippen LogP contribution in [-0.4, -0.2) is 22.0 Å². The Hall–Kier alpha value is -0.960. The molecule has 0 radical (unpaired) electrons. The van der Waals surface area contributed by atoms with E-state index in [-0.39, 0.29) is 11.8 Å². The molecular formula is C16H22O2S. The molecule has 0 spiro atoms. The Bertz CT molecular complexity index is 435. The van der Waals surface area contributed by atoms with E-state index in [1.54, 1.807) is 6.26 Å². The highest BCUT2D eigenvalue weighted by atomic mass is 32.2. The fourth-order valence-corrected chi connectivity index (χ4v) is 3.50. The van der Waals surface area contributed by atoms with Crippen LogP contribution >= 0.6 is 0 Å². The van der Waals surface area contributed by atoms with Crippen molar-refractivity contribution in [1.29, 1.82) is 0 Å². The summed E-state index contributed by atoms with van der Waals surface area (Å²) in [7, 11) is -0.830. The number of hydrogen-bond donors (Lipinski definition) is 0. The molecule has 1 aliphatic carbocycles. The largest absolute Gasteiger partial charge is 0.299 e. The van der Waals surface area contributed by atoms with Crippen molar-refractivity contribution in [3.8, 4) is 0 Å². The van der Waals surface area contributed by atoms with Gasteiger partial charge in [-0.15, -0.1) is 0 Å². The molecule has 0 amide bonds. The number of rotatable bonds is 6. The molecule has 0 aromatic heterocycles. The summed E-state index contributed by atoms with van der Waals surface area (Å²) in [5, 5.41) is 0. The first-order valence-corrected chi connectivity index (χ1v) is 8.80. The second kappa shape index (κ2) is 6.99. The highest BCUT2D eigenvalue weighted by Gasteiger charge is 2.30. The Labute approximate surface area is 118 Å². The lowest BCUT2D eigenvalue weighted by atomic mass is 9.85. The molecule has 104 valence electrons. The minimum atomic E-state index is -0.830. The van der Waals surface area contributed by atoms with Crippen LogP contribution in [0.3, 0.4) is 0 Å². The average molecular weight is 278 g/mol. The Morgan fingerprint density at radius 1 is 1.26 bits per heavy atom. The second-order valence-corrected chi connectivity index (χ2v) is 6.97. The summed E-state index contributed by atoms with van der Waals surface area (Å²) in [5.41, 5.74) is 1.09. The van der Waals surface area contributed by atoms with Gasteiger partial charge < -0.3 is 0 Å². The first-order valence-electron chi connectivity index (χ1n) is 7.07. The molecule has 0 bridgehead atoms. The third-order valence-corrected chi connectivity index (χ3v) is 4.81. The van der Waals surface area contributed by atoms with Gasteiger partial charge in [0.1, 0.15) is 5.78 Å². The summed E-state index contributed by atoms with van der Waals surface area (Å²) >= 11 is 0. The third kappa shape index (κ3) is 4.00. The van der Waals surface area contributed by atoms with Gasteiger partial charge in [0.2, 0.25) is 0 Å². The van der Waals surface area contributed by atoms with E-state index >= 15 is 0 Å². The van der Waals surface area contributed by atoms with E-state index in [2.05, 4.69) is 0 Å². The Morgan fingerprint density at radius 2 is 1.89 bits per heavy atom. The number of carbonyl (C=O) groups excluding carboxylic acids is 1. The van der Waals surface area contributed by atoms with Crippen LogP contribution in [0.2, 0.25) is 0 Å². The van der Waals surface area contributed by atoms with Crippen molar-refractivity contribution in [2.75, 3.05) is 12.0 Å². The first-order chi connectivity index (χ1) is 9.18. The maximum absolute atomic E-state index is 12.7. The zero-order valence-corrected chi connectivity index (χ0v) is 12.3. The Kier molecular flexibility index (Phi) is 5.32. The van der Waals surface area contributed by atoms with Crippen molar-refractivity contribution in [3.05, 3.63) is 35.9 Å². The van der Waals surface area contributed by atoms with Crippen LogP contribution < -0.4 is 0 Å². The fourth-order valence-electron chi connectivity index (χ4n) is 2.94. The summed E-state index contributed by atoms with van der Waals surface area (Å²) in [6.07, 6.45) is 6.86. The van der Waals surface area contributed by atoms with Gasteiger partial charge in [-0.25, -0.2) is 0 Å². The van der Waals surface area contributed by atoms with Crippen LogP contribution in [0, 0.1) is 5.92 Å². The summed E-state index contributed by atoms with van der Waals surface area (Å²) < 4.78 is 11.3. The smallest absolute Gasteiger partial charge is 0.143 e. The van der Waals surface area contributed by atoms with Crippen molar-refractivity contribution in [2.45, 2.75) is 38.0 Å². The van der Waals surface area contributed by atoms with Gasteiger partial charge in [-0.3, -0.25) is 9.00 Å². The fraction of sp³-hybridized carbons (Fsp3) is 0.562. The zero-order valence-electron chi connectivity index (χ0n) is 11.5. The van der Waals surface area contributed by atoms with E-state index in [1.165, 1.54) is 12.8 Å². The van der Waals surface area contributed by atoms with Crippen molar-refractivity contribution < 1.29 is 9.00 Å². The maximum Gasteiger partial charge on any atom is 0.143 e. The first kappa shape index (κ1) is 14.4. The molecule has 2 atom stereocenters. The van der Waals surface area contributed by atoms with Crippen LogP contribution in [0.25, 0.3) is 0 Å². The van der Waals surface area contributed by atoms with Crippen LogP contribution in [0.5, 0.6) is 0 Å². The predicted octanol–water partition coefficient (Wildman–Crippen LogP) is 3.30. The maximum atomic E-state index is 12.7. The molecule has 0 N–H and O–H groups in total. The molecule has 1 aromatic carbocycles. The Balaban J connectivity index is 2.13. The zero-order chi connectivity index (χ0) is 13.7. The molecular weight excluding hydrogens is 256 g/mol. The van der Waals surface area contributed by atoms with Crippen molar-refractivity contribution >= 4 is 16.6 Å². The van der Waals surface area contributed by atoms with Gasteiger partial charge in [-0.1, -0.05) is 43.2 Å². The monoisotopic (exact) mass is 278 g/mol. The van der Waals surface area contributed by atoms with E-state index in [4.69, 9.17) is 0 Å². The average Bonchev–Trinajstić information content (AvgIpc) is 2.93. The van der Waals surface area contributed by atoms with E-state index in [9.17, 15) is 9.00 Å². The van der Waals surface area contributed by atoms with E-state index < -0.39 is 10.8 Å². The van der Waals surface area contributed by atoms with Crippen LogP contribution in [-0.2, 0) is 15.6 Å². The lowest BCUT2D eigenvalue weighted by molar-refractivity contribution is -0.124. The van der Waals surface area contributed by atoms with Crippen LogP contribution in [0.15, 0.2) is 30.3 Å². The van der Waals surface area contributed by atoms with E-state index in [1.807, 2.05) is 30.3 Å². The van der Waals surface area contributed by atoms with E-state index in [0.717, 1.165) is 18.4 Å². The van der Waals surface area contributed by atoms with Gasteiger partial charge in [-0.05, 0) is 24.8 Å². The lowest BCUT2D eigenvalue weighted by Crippen LogP contribution is -2.21. The molecule has 0 saturated heterocycles. The molecule has 2 rings (SSSR count). The molecule has 0 aliphatic heterocycles. The molecule has 3 heteroatoms. The SMILES string of the molecule is CS(=O)CCC(C(=O)C1CCCC1)c1ccccc1. The summed E-state index contributed by atoms with van der Waals surface area (Å²) in [5.74, 6) is 1.15. The molecule has 2 nitrogen and oxygen atoms in total. The van der Waals surface area contributed by atoms with Gasteiger partial charge in [0.15, 0.2) is 0 Å². The van der Waals surface area contributed by atoms with Gasteiger partial charge in [-0.2, -0.15) is 0 Å². The van der Waals surface area contributed by atoms with Crippen LogP contribution in [0.1, 0.15) is 43.6 Å². The number of ketones is 1. The summed E-state index contributed by atoms with van der Waals surface area (Å²) in [6, 6.07) is 9.98. The molecule has 1 fully saturated rings.